The Morgan fingerprint density at radius 2 is 1.27 bits per heavy atom. The van der Waals surface area contributed by atoms with Gasteiger partial charge in [0, 0.05) is 17.5 Å². The second kappa shape index (κ2) is 11.4. The summed E-state index contributed by atoms with van der Waals surface area (Å²) in [5, 5.41) is 0. The van der Waals surface area contributed by atoms with Crippen LogP contribution in [0, 0.1) is 13.8 Å². The minimum absolute atomic E-state index is 0.104. The van der Waals surface area contributed by atoms with Gasteiger partial charge in [-0.2, -0.15) is 0 Å². The number of hydrogen-bond acceptors (Lipinski definition) is 1. The summed E-state index contributed by atoms with van der Waals surface area (Å²) < 4.78 is 0. The van der Waals surface area contributed by atoms with E-state index >= 15 is 0 Å². The van der Waals surface area contributed by atoms with Gasteiger partial charge in [0.15, 0.2) is 0 Å². The summed E-state index contributed by atoms with van der Waals surface area (Å²) in [5.74, 6) is 0. The lowest BCUT2D eigenvalue weighted by atomic mass is 9.82. The first-order chi connectivity index (χ1) is 19.3. The summed E-state index contributed by atoms with van der Waals surface area (Å²) in [6, 6.07) is 35.1. The predicted octanol–water partition coefficient (Wildman–Crippen LogP) is 10.7. The van der Waals surface area contributed by atoms with E-state index in [4.69, 9.17) is 0 Å². The number of hydrogen-bond donors (Lipinski definition) is 0. The Hall–Kier alpha value is -4.36. The lowest BCUT2D eigenvalue weighted by Crippen LogP contribution is -2.14. The monoisotopic (exact) mass is 521 g/mol. The molecule has 200 valence electrons. The molecule has 0 unspecified atom stereocenters. The number of benzene rings is 4. The summed E-state index contributed by atoms with van der Waals surface area (Å²) >= 11 is 0. The van der Waals surface area contributed by atoms with Crippen LogP contribution in [0.15, 0.2) is 134 Å². The molecule has 0 spiro atoms. The second-order valence-corrected chi connectivity index (χ2v) is 11.6. The fourth-order valence-corrected chi connectivity index (χ4v) is 5.45. The Morgan fingerprint density at radius 1 is 0.700 bits per heavy atom. The van der Waals surface area contributed by atoms with Crippen molar-refractivity contribution in [1.29, 1.82) is 0 Å². The minimum Gasteiger partial charge on any atom is -0.317 e. The molecule has 0 amide bonds. The molecule has 1 heterocycles. The highest BCUT2D eigenvalue weighted by atomic mass is 15.1. The van der Waals surface area contributed by atoms with E-state index in [1.165, 1.54) is 33.4 Å². The van der Waals surface area contributed by atoms with Crippen LogP contribution in [-0.2, 0) is 5.41 Å². The summed E-state index contributed by atoms with van der Waals surface area (Å²) in [7, 11) is 0. The van der Waals surface area contributed by atoms with Crippen molar-refractivity contribution in [2.75, 3.05) is 4.90 Å². The van der Waals surface area contributed by atoms with Crippen molar-refractivity contribution in [2.45, 2.75) is 46.5 Å². The summed E-state index contributed by atoms with van der Waals surface area (Å²) in [4.78, 5) is 2.32. The first-order valence-corrected chi connectivity index (χ1v) is 14.1. The Balaban J connectivity index is 1.84. The van der Waals surface area contributed by atoms with Gasteiger partial charge in [-0.15, -0.1) is 0 Å². The number of aryl methyl sites for hydroxylation is 2. The van der Waals surface area contributed by atoms with Crippen LogP contribution in [0.5, 0.6) is 0 Å². The molecule has 1 aliphatic rings. The molecule has 0 radical (unpaired) electrons. The van der Waals surface area contributed by atoms with Crippen LogP contribution in [0.2, 0.25) is 0 Å². The third-order valence-corrected chi connectivity index (χ3v) is 7.69. The van der Waals surface area contributed by atoms with Gasteiger partial charge in [-0.3, -0.25) is 0 Å². The van der Waals surface area contributed by atoms with Gasteiger partial charge in [-0.05, 0) is 88.4 Å². The first-order valence-electron chi connectivity index (χ1n) is 14.1. The molecular weight excluding hydrogens is 482 g/mol. The molecule has 1 nitrogen and oxygen atoms in total. The molecule has 4 aromatic rings. The third kappa shape index (κ3) is 5.51. The normalized spacial score (nSPS) is 14.6. The van der Waals surface area contributed by atoms with Gasteiger partial charge in [0.25, 0.3) is 0 Å². The summed E-state index contributed by atoms with van der Waals surface area (Å²) in [5.41, 5.74) is 13.2. The number of anilines is 2. The number of para-hydroxylation sites is 1. The van der Waals surface area contributed by atoms with Gasteiger partial charge >= 0.3 is 0 Å². The molecule has 0 aromatic heterocycles. The molecule has 4 aromatic carbocycles. The maximum atomic E-state index is 4.65. The maximum Gasteiger partial charge on any atom is 0.0534 e. The highest BCUT2D eigenvalue weighted by Gasteiger charge is 2.23. The number of nitrogens with zero attached hydrogens (tertiary/aromatic N) is 1. The van der Waals surface area contributed by atoms with Gasteiger partial charge in [-0.25, -0.2) is 0 Å². The Morgan fingerprint density at radius 3 is 1.88 bits per heavy atom. The second-order valence-electron chi connectivity index (χ2n) is 11.6. The average Bonchev–Trinajstić information content (AvgIpc) is 2.94. The maximum absolute atomic E-state index is 4.65. The molecule has 0 saturated carbocycles. The van der Waals surface area contributed by atoms with E-state index in [0.29, 0.717) is 0 Å². The predicted molar refractivity (Wildman–Crippen MR) is 174 cm³/mol. The van der Waals surface area contributed by atoms with Crippen LogP contribution in [0.4, 0.5) is 11.4 Å². The van der Waals surface area contributed by atoms with Gasteiger partial charge in [0.2, 0.25) is 0 Å². The van der Waals surface area contributed by atoms with Crippen molar-refractivity contribution in [3.8, 4) is 0 Å². The SMILES string of the molecule is C=C1/C=C\CC=CN(c2ccc(C(C)(C)C)cc2)c2ccccc2C1=C(c1ccccc1C)c1ccccc1C. The summed E-state index contributed by atoms with van der Waals surface area (Å²) in [6.45, 7) is 15.8. The van der Waals surface area contributed by atoms with Crippen molar-refractivity contribution in [3.05, 3.63) is 167 Å². The van der Waals surface area contributed by atoms with Crippen LogP contribution < -0.4 is 4.90 Å². The van der Waals surface area contributed by atoms with Gasteiger partial charge < -0.3 is 4.90 Å². The Labute approximate surface area is 240 Å². The molecule has 40 heavy (non-hydrogen) atoms. The number of rotatable bonds is 3. The lowest BCUT2D eigenvalue weighted by molar-refractivity contribution is 0.590. The molecular formula is C39H39N. The lowest BCUT2D eigenvalue weighted by Gasteiger charge is -2.28. The minimum atomic E-state index is 0.104. The van der Waals surface area contributed by atoms with Crippen molar-refractivity contribution in [3.63, 3.8) is 0 Å². The van der Waals surface area contributed by atoms with Crippen molar-refractivity contribution in [2.24, 2.45) is 0 Å². The topological polar surface area (TPSA) is 3.24 Å². The zero-order valence-electron chi connectivity index (χ0n) is 24.4. The average molecular weight is 522 g/mol. The van der Waals surface area contributed by atoms with E-state index in [0.717, 1.165) is 34.5 Å². The quantitative estimate of drug-likeness (QED) is 0.259. The zero-order chi connectivity index (χ0) is 28.3. The Kier molecular flexibility index (Phi) is 7.76. The smallest absolute Gasteiger partial charge is 0.0534 e. The summed E-state index contributed by atoms with van der Waals surface area (Å²) in [6.07, 6.45) is 9.65. The largest absolute Gasteiger partial charge is 0.317 e. The van der Waals surface area contributed by atoms with Crippen LogP contribution >= 0.6 is 0 Å². The van der Waals surface area contributed by atoms with Gasteiger partial charge in [-0.1, -0.05) is 124 Å². The van der Waals surface area contributed by atoms with E-state index in [9.17, 15) is 0 Å². The first kappa shape index (κ1) is 27.2. The van der Waals surface area contributed by atoms with E-state index in [-0.39, 0.29) is 5.41 Å². The zero-order valence-corrected chi connectivity index (χ0v) is 24.4. The van der Waals surface area contributed by atoms with Gasteiger partial charge in [0.05, 0.1) is 5.69 Å². The molecule has 1 aliphatic heterocycles. The number of fused-ring (bicyclic) bond motifs is 1. The van der Waals surface area contributed by atoms with E-state index in [2.05, 4.69) is 168 Å². The van der Waals surface area contributed by atoms with Crippen molar-refractivity contribution in [1.82, 2.24) is 0 Å². The highest BCUT2D eigenvalue weighted by molar-refractivity contribution is 6.08. The molecule has 0 N–H and O–H groups in total. The van der Waals surface area contributed by atoms with E-state index < -0.39 is 0 Å². The molecule has 0 saturated heterocycles. The molecule has 5 rings (SSSR count). The highest BCUT2D eigenvalue weighted by Crippen LogP contribution is 2.44. The van der Waals surface area contributed by atoms with Crippen LogP contribution in [-0.4, -0.2) is 0 Å². The fourth-order valence-electron chi connectivity index (χ4n) is 5.45. The Bertz CT molecular complexity index is 1570. The van der Waals surface area contributed by atoms with Crippen LogP contribution in [0.3, 0.4) is 0 Å². The standard InChI is InChI=1S/C39H39N/c1-28-16-9-11-19-33(28)38(34-20-12-10-17-29(34)2)37-30(3)18-8-7-15-27-40(36-22-14-13-21-35(36)37)32-25-23-31(24-26-32)39(4,5)6/h8-27H,3,7H2,1-2,4-6H3/b18-8-,27-15?. The van der Waals surface area contributed by atoms with E-state index in [1.54, 1.807) is 0 Å². The molecule has 1 heteroatoms. The number of allylic oxidation sites excluding steroid dienone is 5. The van der Waals surface area contributed by atoms with Gasteiger partial charge in [0.1, 0.15) is 0 Å². The molecule has 0 atom stereocenters. The van der Waals surface area contributed by atoms with E-state index in [1.807, 2.05) is 0 Å². The molecule has 0 aliphatic carbocycles. The van der Waals surface area contributed by atoms with Crippen LogP contribution in [0.1, 0.15) is 60.6 Å². The fraction of sp³-hybridized carbons (Fsp3) is 0.179. The van der Waals surface area contributed by atoms with Crippen molar-refractivity contribution < 1.29 is 0 Å². The van der Waals surface area contributed by atoms with Crippen LogP contribution in [0.25, 0.3) is 11.1 Å². The molecule has 0 bridgehead atoms. The molecule has 0 fully saturated rings. The third-order valence-electron chi connectivity index (χ3n) is 7.69. The van der Waals surface area contributed by atoms with Crippen molar-refractivity contribution >= 4 is 22.5 Å².